The van der Waals surface area contributed by atoms with E-state index in [2.05, 4.69) is 53.3 Å². The van der Waals surface area contributed by atoms with Crippen molar-refractivity contribution in [1.29, 1.82) is 0 Å². The molecule has 0 aromatic heterocycles. The first kappa shape index (κ1) is 28.0. The Labute approximate surface area is 228 Å². The highest BCUT2D eigenvalue weighted by atomic mass is 79.9. The van der Waals surface area contributed by atoms with Crippen molar-refractivity contribution >= 4 is 39.5 Å². The number of rotatable bonds is 12. The molecule has 1 atom stereocenters. The van der Waals surface area contributed by atoms with Crippen molar-refractivity contribution in [3.63, 3.8) is 0 Å². The lowest BCUT2D eigenvalue weighted by Gasteiger charge is -2.31. The van der Waals surface area contributed by atoms with E-state index in [-0.39, 0.29) is 11.8 Å². The van der Waals surface area contributed by atoms with Gasteiger partial charge in [-0.3, -0.25) is 9.59 Å². The van der Waals surface area contributed by atoms with Gasteiger partial charge in [-0.25, -0.2) is 0 Å². The van der Waals surface area contributed by atoms with Crippen molar-refractivity contribution in [3.05, 3.63) is 105 Å². The van der Waals surface area contributed by atoms with E-state index in [1.807, 2.05) is 61.5 Å². The molecule has 3 aromatic carbocycles. The molecule has 0 aliphatic carbocycles. The zero-order chi connectivity index (χ0) is 25.9. The Hall–Kier alpha value is -2.57. The molecule has 2 amide bonds. The van der Waals surface area contributed by atoms with Gasteiger partial charge >= 0.3 is 0 Å². The third-order valence-electron chi connectivity index (χ3n) is 5.84. The zero-order valence-electron chi connectivity index (χ0n) is 21.3. The molecule has 0 saturated heterocycles. The number of hydrogen-bond donors (Lipinski definition) is 1. The number of hydrogen-bond acceptors (Lipinski definition) is 3. The molecule has 0 bridgehead atoms. The Kier molecular flexibility index (Phi) is 11.1. The molecule has 0 spiro atoms. The van der Waals surface area contributed by atoms with Crippen LogP contribution >= 0.6 is 27.7 Å². The van der Waals surface area contributed by atoms with Gasteiger partial charge in [-0.05, 0) is 49.1 Å². The van der Waals surface area contributed by atoms with E-state index in [9.17, 15) is 9.59 Å². The maximum absolute atomic E-state index is 13.7. The molecule has 0 aliphatic heterocycles. The lowest BCUT2D eigenvalue weighted by atomic mass is 10.0. The number of carbonyl (C=O) groups is 2. The van der Waals surface area contributed by atoms with Gasteiger partial charge in [0.1, 0.15) is 6.04 Å². The number of thioether (sulfide) groups is 1. The van der Waals surface area contributed by atoms with Crippen molar-refractivity contribution in [3.8, 4) is 0 Å². The summed E-state index contributed by atoms with van der Waals surface area (Å²) in [5.41, 5.74) is 5.68. The summed E-state index contributed by atoms with van der Waals surface area (Å²) in [5.74, 6) is 0.929. The molecule has 0 radical (unpaired) electrons. The summed E-state index contributed by atoms with van der Waals surface area (Å²) in [5, 5.41) is 3.03. The van der Waals surface area contributed by atoms with E-state index in [4.69, 9.17) is 0 Å². The van der Waals surface area contributed by atoms with Crippen LogP contribution in [0.1, 0.15) is 41.2 Å². The topological polar surface area (TPSA) is 49.4 Å². The second-order valence-electron chi connectivity index (χ2n) is 9.14. The number of nitrogens with one attached hydrogen (secondary N) is 1. The smallest absolute Gasteiger partial charge is 0.243 e. The minimum Gasteiger partial charge on any atom is -0.354 e. The fraction of sp³-hybridized carbons (Fsp3) is 0.333. The van der Waals surface area contributed by atoms with E-state index < -0.39 is 6.04 Å². The molecule has 3 aromatic rings. The third-order valence-corrected chi connectivity index (χ3v) is 7.32. The summed E-state index contributed by atoms with van der Waals surface area (Å²) in [4.78, 5) is 28.8. The highest BCUT2D eigenvalue weighted by Gasteiger charge is 2.30. The molecule has 6 heteroatoms. The van der Waals surface area contributed by atoms with E-state index in [0.29, 0.717) is 25.3 Å². The highest BCUT2D eigenvalue weighted by molar-refractivity contribution is 9.10. The summed E-state index contributed by atoms with van der Waals surface area (Å²) in [6.45, 7) is 7.18. The van der Waals surface area contributed by atoms with Crippen LogP contribution in [0.2, 0.25) is 0 Å². The first-order valence-corrected chi connectivity index (χ1v) is 14.3. The van der Waals surface area contributed by atoms with E-state index in [1.165, 1.54) is 16.7 Å². The molecular weight excluding hydrogens is 532 g/mol. The van der Waals surface area contributed by atoms with Crippen molar-refractivity contribution in [1.82, 2.24) is 10.2 Å². The average molecular weight is 568 g/mol. The molecule has 1 N–H and O–H groups in total. The molecular formula is C30H35BrN2O2S. The van der Waals surface area contributed by atoms with Gasteiger partial charge in [-0.2, -0.15) is 0 Å². The first-order chi connectivity index (χ1) is 17.4. The number of nitrogens with zero attached hydrogens (tertiary/aromatic N) is 1. The van der Waals surface area contributed by atoms with Crippen molar-refractivity contribution < 1.29 is 9.59 Å². The Morgan fingerprint density at radius 3 is 2.28 bits per heavy atom. The predicted octanol–water partition coefficient (Wildman–Crippen LogP) is 6.47. The standard InChI is InChI=1S/C30H35BrN2O2S/c1-4-13-32-30(35)28(18-24-9-6-5-7-10-24)33(19-25-11-8-12-27(31)17-25)29(34)21-36-20-26-15-22(2)14-23(3)16-26/h5-12,14-17,28H,4,13,18-21H2,1-3H3,(H,32,35)/t28-/m0/s1. The lowest BCUT2D eigenvalue weighted by Crippen LogP contribution is -2.51. The minimum absolute atomic E-state index is 0.0306. The maximum Gasteiger partial charge on any atom is 0.243 e. The highest BCUT2D eigenvalue weighted by Crippen LogP contribution is 2.21. The van der Waals surface area contributed by atoms with E-state index >= 15 is 0 Å². The molecule has 0 saturated carbocycles. The van der Waals surface area contributed by atoms with Gasteiger partial charge in [0, 0.05) is 29.7 Å². The molecule has 0 heterocycles. The fourth-order valence-corrected chi connectivity index (χ4v) is 5.53. The number of aryl methyl sites for hydroxylation is 2. The third kappa shape index (κ3) is 8.82. The lowest BCUT2D eigenvalue weighted by molar-refractivity contribution is -0.139. The monoisotopic (exact) mass is 566 g/mol. The van der Waals surface area contributed by atoms with Gasteiger partial charge < -0.3 is 10.2 Å². The zero-order valence-corrected chi connectivity index (χ0v) is 23.7. The summed E-state index contributed by atoms with van der Waals surface area (Å²) in [6.07, 6.45) is 1.31. The van der Waals surface area contributed by atoms with Gasteiger partial charge in [0.05, 0.1) is 5.75 Å². The van der Waals surface area contributed by atoms with Crippen LogP contribution < -0.4 is 5.32 Å². The molecule has 36 heavy (non-hydrogen) atoms. The van der Waals surface area contributed by atoms with E-state index in [0.717, 1.165) is 27.8 Å². The number of halogens is 1. The van der Waals surface area contributed by atoms with Crippen LogP contribution in [0, 0.1) is 13.8 Å². The van der Waals surface area contributed by atoms with Crippen LogP contribution in [0.15, 0.2) is 77.3 Å². The molecule has 0 unspecified atom stereocenters. The van der Waals surface area contributed by atoms with Crippen LogP contribution in [0.25, 0.3) is 0 Å². The van der Waals surface area contributed by atoms with Crippen molar-refractivity contribution in [2.75, 3.05) is 12.3 Å². The summed E-state index contributed by atoms with van der Waals surface area (Å²) >= 11 is 5.13. The van der Waals surface area contributed by atoms with Gasteiger partial charge in [0.15, 0.2) is 0 Å². The summed E-state index contributed by atoms with van der Waals surface area (Å²) in [6, 6.07) is 23.7. The first-order valence-electron chi connectivity index (χ1n) is 12.4. The average Bonchev–Trinajstić information content (AvgIpc) is 2.84. The van der Waals surface area contributed by atoms with Crippen LogP contribution in [0.3, 0.4) is 0 Å². The van der Waals surface area contributed by atoms with Crippen molar-refractivity contribution in [2.45, 2.75) is 52.0 Å². The predicted molar refractivity (Wildman–Crippen MR) is 154 cm³/mol. The molecule has 3 rings (SSSR count). The normalized spacial score (nSPS) is 11.7. The van der Waals surface area contributed by atoms with Crippen LogP contribution in [0.4, 0.5) is 0 Å². The summed E-state index contributed by atoms with van der Waals surface area (Å²) < 4.78 is 0.951. The molecule has 4 nitrogen and oxygen atoms in total. The van der Waals surface area contributed by atoms with Gasteiger partial charge in [-0.15, -0.1) is 11.8 Å². The van der Waals surface area contributed by atoms with Crippen LogP contribution in [-0.2, 0) is 28.3 Å². The van der Waals surface area contributed by atoms with E-state index in [1.54, 1.807) is 16.7 Å². The Morgan fingerprint density at radius 2 is 1.61 bits per heavy atom. The molecule has 0 aliphatic rings. The quantitative estimate of drug-likeness (QED) is 0.273. The number of amides is 2. The Balaban J connectivity index is 1.83. The van der Waals surface area contributed by atoms with Gasteiger partial charge in [0.25, 0.3) is 0 Å². The summed E-state index contributed by atoms with van der Waals surface area (Å²) in [7, 11) is 0. The Morgan fingerprint density at radius 1 is 0.917 bits per heavy atom. The number of carbonyl (C=O) groups excluding carboxylic acids is 2. The Bertz CT molecular complexity index is 1130. The molecule has 0 fully saturated rings. The van der Waals surface area contributed by atoms with Crippen molar-refractivity contribution in [2.24, 2.45) is 0 Å². The van der Waals surface area contributed by atoms with Crippen LogP contribution in [0.5, 0.6) is 0 Å². The second-order valence-corrected chi connectivity index (χ2v) is 11.0. The van der Waals surface area contributed by atoms with Crippen LogP contribution in [-0.4, -0.2) is 35.1 Å². The largest absolute Gasteiger partial charge is 0.354 e. The fourth-order valence-electron chi connectivity index (χ4n) is 4.24. The SMILES string of the molecule is CCCNC(=O)[C@H](Cc1ccccc1)N(Cc1cccc(Br)c1)C(=O)CSCc1cc(C)cc(C)c1. The maximum atomic E-state index is 13.7. The second kappa shape index (κ2) is 14.2. The minimum atomic E-state index is -0.591. The molecule has 190 valence electrons. The van der Waals surface area contributed by atoms with Gasteiger partial charge in [-0.1, -0.05) is 94.6 Å². The van der Waals surface area contributed by atoms with Gasteiger partial charge in [0.2, 0.25) is 11.8 Å². The number of benzene rings is 3.